The van der Waals surface area contributed by atoms with Crippen LogP contribution in [0.2, 0.25) is 5.02 Å². The second-order valence-electron chi connectivity index (χ2n) is 6.37. The fourth-order valence-electron chi connectivity index (χ4n) is 2.64. The predicted molar refractivity (Wildman–Crippen MR) is 104 cm³/mol. The molecule has 0 saturated heterocycles. The molecule has 0 unspecified atom stereocenters. The van der Waals surface area contributed by atoms with Crippen LogP contribution in [0, 0.1) is 5.82 Å². The molecule has 9 heteroatoms. The molecule has 7 nitrogen and oxygen atoms in total. The molecular formula is C19H17ClFN5O2. The van der Waals surface area contributed by atoms with Gasteiger partial charge >= 0.3 is 0 Å². The standard InChI is InChI=1S/C19H17ClFN5O2/c1-11(2)18-14(12-4-3-5-13(20)6-12)7-17(28)26(25-18)9-16(27)24-19-15(21)8-22-10-23-19/h3-8,10-11H,9H2,1-2H3,(H,22,23,24,27). The molecule has 0 radical (unpaired) electrons. The lowest BCUT2D eigenvalue weighted by Gasteiger charge is -2.15. The number of nitrogens with one attached hydrogen (secondary N) is 1. The van der Waals surface area contributed by atoms with E-state index >= 15 is 0 Å². The fourth-order valence-corrected chi connectivity index (χ4v) is 2.83. The summed E-state index contributed by atoms with van der Waals surface area (Å²) in [5.74, 6) is -1.66. The summed E-state index contributed by atoms with van der Waals surface area (Å²) < 4.78 is 14.6. The molecule has 1 amide bonds. The number of rotatable bonds is 5. The van der Waals surface area contributed by atoms with Gasteiger partial charge in [0.1, 0.15) is 12.9 Å². The van der Waals surface area contributed by atoms with Crippen LogP contribution in [0.4, 0.5) is 10.2 Å². The quantitative estimate of drug-likeness (QED) is 0.708. The van der Waals surface area contributed by atoms with Crippen LogP contribution in [0.5, 0.6) is 0 Å². The van der Waals surface area contributed by atoms with Crippen LogP contribution in [0.15, 0.2) is 47.7 Å². The summed E-state index contributed by atoms with van der Waals surface area (Å²) in [6.45, 7) is 3.49. The second-order valence-corrected chi connectivity index (χ2v) is 6.81. The summed E-state index contributed by atoms with van der Waals surface area (Å²) in [5, 5.41) is 7.21. The fraction of sp³-hybridized carbons (Fsp3) is 0.211. The summed E-state index contributed by atoms with van der Waals surface area (Å²) in [4.78, 5) is 31.9. The number of aromatic nitrogens is 4. The van der Waals surface area contributed by atoms with Crippen molar-refractivity contribution in [2.75, 3.05) is 5.32 Å². The Hall–Kier alpha value is -3.13. The van der Waals surface area contributed by atoms with Crippen molar-refractivity contribution in [1.82, 2.24) is 19.7 Å². The van der Waals surface area contributed by atoms with E-state index in [4.69, 9.17) is 11.6 Å². The van der Waals surface area contributed by atoms with Crippen molar-refractivity contribution in [2.45, 2.75) is 26.3 Å². The maximum atomic E-state index is 13.6. The number of carbonyl (C=O) groups is 1. The molecule has 1 aromatic carbocycles. The van der Waals surface area contributed by atoms with E-state index in [1.54, 1.807) is 18.2 Å². The SMILES string of the molecule is CC(C)c1nn(CC(=O)Nc2ncncc2F)c(=O)cc1-c1cccc(Cl)c1. The maximum Gasteiger partial charge on any atom is 0.267 e. The molecule has 1 N–H and O–H groups in total. The van der Waals surface area contributed by atoms with Crippen LogP contribution >= 0.6 is 11.6 Å². The minimum atomic E-state index is -0.768. The number of amides is 1. The molecule has 3 rings (SSSR count). The van der Waals surface area contributed by atoms with Gasteiger partial charge in [0.05, 0.1) is 11.9 Å². The number of nitrogens with zero attached hydrogens (tertiary/aromatic N) is 4. The summed E-state index contributed by atoms with van der Waals surface area (Å²) in [6.07, 6.45) is 2.05. The molecule has 0 aliphatic heterocycles. The number of benzene rings is 1. The minimum Gasteiger partial charge on any atom is -0.307 e. The highest BCUT2D eigenvalue weighted by molar-refractivity contribution is 6.30. The molecule has 0 bridgehead atoms. The monoisotopic (exact) mass is 401 g/mol. The molecule has 0 aliphatic carbocycles. The van der Waals surface area contributed by atoms with Crippen molar-refractivity contribution in [1.29, 1.82) is 0 Å². The molecule has 0 aliphatic rings. The van der Waals surface area contributed by atoms with Gasteiger partial charge in [0.25, 0.3) is 5.56 Å². The summed E-state index contributed by atoms with van der Waals surface area (Å²) in [5.41, 5.74) is 1.60. The summed E-state index contributed by atoms with van der Waals surface area (Å²) >= 11 is 6.06. The van der Waals surface area contributed by atoms with Gasteiger partial charge in [-0.15, -0.1) is 0 Å². The van der Waals surface area contributed by atoms with Crippen molar-refractivity contribution < 1.29 is 9.18 Å². The normalized spacial score (nSPS) is 10.9. The highest BCUT2D eigenvalue weighted by Crippen LogP contribution is 2.28. The third-order valence-corrected chi connectivity index (χ3v) is 4.16. The highest BCUT2D eigenvalue weighted by atomic mass is 35.5. The third-order valence-electron chi connectivity index (χ3n) is 3.93. The lowest BCUT2D eigenvalue weighted by molar-refractivity contribution is -0.117. The minimum absolute atomic E-state index is 0.0109. The third kappa shape index (κ3) is 4.40. The maximum absolute atomic E-state index is 13.6. The number of hydrogen-bond donors (Lipinski definition) is 1. The Kier molecular flexibility index (Phi) is 5.79. The van der Waals surface area contributed by atoms with Crippen LogP contribution in [-0.4, -0.2) is 25.7 Å². The Bertz CT molecular complexity index is 1080. The number of carbonyl (C=O) groups excluding carboxylic acids is 1. The average molecular weight is 402 g/mol. The molecule has 144 valence electrons. The number of halogens is 2. The first-order chi connectivity index (χ1) is 13.3. The molecule has 2 aromatic heterocycles. The van der Waals surface area contributed by atoms with Crippen molar-refractivity contribution in [3.8, 4) is 11.1 Å². The molecule has 28 heavy (non-hydrogen) atoms. The predicted octanol–water partition coefficient (Wildman–Crippen LogP) is 3.25. The zero-order valence-electron chi connectivity index (χ0n) is 15.2. The molecule has 0 atom stereocenters. The zero-order valence-corrected chi connectivity index (χ0v) is 15.9. The van der Waals surface area contributed by atoms with E-state index < -0.39 is 17.3 Å². The van der Waals surface area contributed by atoms with Gasteiger partial charge in [-0.25, -0.2) is 19.0 Å². The van der Waals surface area contributed by atoms with Crippen LogP contribution in [0.1, 0.15) is 25.5 Å². The van der Waals surface area contributed by atoms with Crippen LogP contribution in [-0.2, 0) is 11.3 Å². The number of anilines is 1. The Morgan fingerprint density at radius 2 is 2.11 bits per heavy atom. The van der Waals surface area contributed by atoms with E-state index in [2.05, 4.69) is 20.4 Å². The summed E-state index contributed by atoms with van der Waals surface area (Å²) in [6, 6.07) is 8.54. The first-order valence-electron chi connectivity index (χ1n) is 8.48. The Morgan fingerprint density at radius 1 is 1.32 bits per heavy atom. The van der Waals surface area contributed by atoms with Gasteiger partial charge in [0.2, 0.25) is 5.91 Å². The van der Waals surface area contributed by atoms with Crippen LogP contribution in [0.3, 0.4) is 0 Å². The first kappa shape index (κ1) is 19.6. The molecule has 0 spiro atoms. The van der Waals surface area contributed by atoms with E-state index in [-0.39, 0.29) is 18.3 Å². The lowest BCUT2D eigenvalue weighted by Crippen LogP contribution is -2.31. The Balaban J connectivity index is 1.92. The second kappa shape index (κ2) is 8.26. The molecule has 3 aromatic rings. The molecule has 0 saturated carbocycles. The van der Waals surface area contributed by atoms with Gasteiger partial charge in [0, 0.05) is 16.7 Å². The van der Waals surface area contributed by atoms with E-state index in [1.165, 1.54) is 6.07 Å². The van der Waals surface area contributed by atoms with Crippen molar-refractivity contribution in [2.24, 2.45) is 0 Å². The van der Waals surface area contributed by atoms with Gasteiger partial charge in [-0.2, -0.15) is 5.10 Å². The van der Waals surface area contributed by atoms with E-state index in [1.807, 2.05) is 19.9 Å². The zero-order chi connectivity index (χ0) is 20.3. The topological polar surface area (TPSA) is 89.8 Å². The Labute approximate surface area is 165 Å². The number of hydrogen-bond acceptors (Lipinski definition) is 5. The Morgan fingerprint density at radius 3 is 2.79 bits per heavy atom. The van der Waals surface area contributed by atoms with Crippen LogP contribution in [0.25, 0.3) is 11.1 Å². The van der Waals surface area contributed by atoms with E-state index in [9.17, 15) is 14.0 Å². The van der Waals surface area contributed by atoms with Crippen molar-refractivity contribution in [3.63, 3.8) is 0 Å². The van der Waals surface area contributed by atoms with Crippen molar-refractivity contribution in [3.05, 3.63) is 69.7 Å². The van der Waals surface area contributed by atoms with Gasteiger partial charge in [-0.1, -0.05) is 37.6 Å². The largest absolute Gasteiger partial charge is 0.307 e. The van der Waals surface area contributed by atoms with Crippen LogP contribution < -0.4 is 10.9 Å². The van der Waals surface area contributed by atoms with Gasteiger partial charge in [0.15, 0.2) is 11.6 Å². The molecule has 2 heterocycles. The lowest BCUT2D eigenvalue weighted by atomic mass is 9.98. The van der Waals surface area contributed by atoms with Gasteiger partial charge in [-0.3, -0.25) is 9.59 Å². The molecular weight excluding hydrogens is 385 g/mol. The van der Waals surface area contributed by atoms with Gasteiger partial charge < -0.3 is 5.32 Å². The van der Waals surface area contributed by atoms with E-state index in [0.29, 0.717) is 16.3 Å². The van der Waals surface area contributed by atoms with Gasteiger partial charge in [-0.05, 0) is 23.6 Å². The highest BCUT2D eigenvalue weighted by Gasteiger charge is 2.16. The first-order valence-corrected chi connectivity index (χ1v) is 8.86. The average Bonchev–Trinajstić information content (AvgIpc) is 2.64. The smallest absolute Gasteiger partial charge is 0.267 e. The van der Waals surface area contributed by atoms with E-state index in [0.717, 1.165) is 22.8 Å². The summed E-state index contributed by atoms with van der Waals surface area (Å²) in [7, 11) is 0. The van der Waals surface area contributed by atoms with Crippen molar-refractivity contribution >= 4 is 23.3 Å². The molecule has 0 fully saturated rings.